The Balaban J connectivity index is 1.74. The molecule has 0 aliphatic heterocycles. The summed E-state index contributed by atoms with van der Waals surface area (Å²) in [6, 6.07) is 19.3. The molecule has 0 aliphatic rings. The molecule has 2 aromatic carbocycles. The van der Waals surface area contributed by atoms with Crippen molar-refractivity contribution >= 4 is 0 Å². The van der Waals surface area contributed by atoms with Crippen LogP contribution in [0.1, 0.15) is 63.1 Å². The van der Waals surface area contributed by atoms with Crippen molar-refractivity contribution in [2.45, 2.75) is 58.5 Å². The average Bonchev–Trinajstić information content (AvgIpc) is 2.64. The van der Waals surface area contributed by atoms with Crippen molar-refractivity contribution in [1.82, 2.24) is 5.32 Å². The lowest BCUT2D eigenvalue weighted by Gasteiger charge is -2.15. The zero-order valence-corrected chi connectivity index (χ0v) is 15.1. The van der Waals surface area contributed by atoms with Crippen molar-refractivity contribution in [2.24, 2.45) is 0 Å². The second-order valence-electron chi connectivity index (χ2n) is 6.42. The highest BCUT2D eigenvalue weighted by molar-refractivity contribution is 5.28. The van der Waals surface area contributed by atoms with Gasteiger partial charge in [-0.1, -0.05) is 75.1 Å². The SMILES string of the molecule is CCCCCCCOc1cccc(CNC(C)c2ccccc2)c1. The van der Waals surface area contributed by atoms with Crippen LogP contribution >= 0.6 is 0 Å². The molecule has 0 spiro atoms. The Morgan fingerprint density at radius 2 is 1.71 bits per heavy atom. The Labute approximate surface area is 147 Å². The quantitative estimate of drug-likeness (QED) is 0.520. The molecule has 130 valence electrons. The summed E-state index contributed by atoms with van der Waals surface area (Å²) in [5, 5.41) is 3.58. The molecule has 2 aromatic rings. The molecule has 0 aromatic heterocycles. The van der Waals surface area contributed by atoms with Crippen LogP contribution in [0.25, 0.3) is 0 Å². The van der Waals surface area contributed by atoms with Crippen LogP contribution in [-0.2, 0) is 6.54 Å². The van der Waals surface area contributed by atoms with Crippen LogP contribution in [0.3, 0.4) is 0 Å². The molecule has 2 nitrogen and oxygen atoms in total. The molecule has 1 N–H and O–H groups in total. The molecule has 2 heteroatoms. The summed E-state index contributed by atoms with van der Waals surface area (Å²) in [5.41, 5.74) is 2.58. The van der Waals surface area contributed by atoms with Gasteiger partial charge in [-0.15, -0.1) is 0 Å². The molecule has 1 unspecified atom stereocenters. The van der Waals surface area contributed by atoms with E-state index in [1.165, 1.54) is 36.8 Å². The van der Waals surface area contributed by atoms with Crippen LogP contribution in [0.4, 0.5) is 0 Å². The second-order valence-corrected chi connectivity index (χ2v) is 6.42. The van der Waals surface area contributed by atoms with Crippen LogP contribution in [-0.4, -0.2) is 6.61 Å². The second kappa shape index (κ2) is 10.9. The summed E-state index contributed by atoms with van der Waals surface area (Å²) < 4.78 is 5.89. The molecule has 24 heavy (non-hydrogen) atoms. The van der Waals surface area contributed by atoms with Gasteiger partial charge in [0.05, 0.1) is 6.61 Å². The smallest absolute Gasteiger partial charge is 0.119 e. The Morgan fingerprint density at radius 3 is 2.50 bits per heavy atom. The Bertz CT molecular complexity index is 567. The van der Waals surface area contributed by atoms with Gasteiger partial charge in [0.25, 0.3) is 0 Å². The molecular weight excluding hydrogens is 294 g/mol. The average molecular weight is 325 g/mol. The van der Waals surface area contributed by atoms with Gasteiger partial charge in [0.1, 0.15) is 5.75 Å². The Morgan fingerprint density at radius 1 is 0.917 bits per heavy atom. The van der Waals surface area contributed by atoms with E-state index in [0.717, 1.165) is 25.3 Å². The largest absolute Gasteiger partial charge is 0.494 e. The van der Waals surface area contributed by atoms with Gasteiger partial charge in [0, 0.05) is 12.6 Å². The normalized spacial score (nSPS) is 12.1. The molecular formula is C22H31NO. The predicted octanol–water partition coefficient (Wildman–Crippen LogP) is 5.89. The molecule has 0 heterocycles. The molecule has 0 saturated heterocycles. The van der Waals surface area contributed by atoms with Crippen molar-refractivity contribution < 1.29 is 4.74 Å². The van der Waals surface area contributed by atoms with E-state index in [2.05, 4.69) is 73.8 Å². The first-order valence-corrected chi connectivity index (χ1v) is 9.29. The highest BCUT2D eigenvalue weighted by Gasteiger charge is 2.04. The van der Waals surface area contributed by atoms with E-state index < -0.39 is 0 Å². The third kappa shape index (κ3) is 6.76. The number of ether oxygens (including phenoxy) is 1. The highest BCUT2D eigenvalue weighted by atomic mass is 16.5. The summed E-state index contributed by atoms with van der Waals surface area (Å²) in [4.78, 5) is 0. The van der Waals surface area contributed by atoms with Gasteiger partial charge < -0.3 is 10.1 Å². The summed E-state index contributed by atoms with van der Waals surface area (Å²) in [7, 11) is 0. The van der Waals surface area contributed by atoms with Gasteiger partial charge in [-0.25, -0.2) is 0 Å². The number of unbranched alkanes of at least 4 members (excludes halogenated alkanes) is 4. The van der Waals surface area contributed by atoms with E-state index in [0.29, 0.717) is 6.04 Å². The molecule has 0 saturated carbocycles. The maximum atomic E-state index is 5.89. The van der Waals surface area contributed by atoms with Gasteiger partial charge in [-0.2, -0.15) is 0 Å². The molecule has 0 aliphatic carbocycles. The summed E-state index contributed by atoms with van der Waals surface area (Å²) in [6.45, 7) is 6.12. The zero-order chi connectivity index (χ0) is 17.0. The first-order valence-electron chi connectivity index (χ1n) is 9.29. The number of hydrogen-bond donors (Lipinski definition) is 1. The van der Waals surface area contributed by atoms with Crippen LogP contribution in [0.5, 0.6) is 5.75 Å². The van der Waals surface area contributed by atoms with Crippen LogP contribution in [0.2, 0.25) is 0 Å². The summed E-state index contributed by atoms with van der Waals surface area (Å²) >= 11 is 0. The van der Waals surface area contributed by atoms with Gasteiger partial charge in [0.2, 0.25) is 0 Å². The standard InChI is InChI=1S/C22H31NO/c1-3-4-5-6-10-16-24-22-15-11-12-20(17-22)18-23-19(2)21-13-8-7-9-14-21/h7-9,11-15,17,19,23H,3-6,10,16,18H2,1-2H3. The Kier molecular flexibility index (Phi) is 8.40. The minimum atomic E-state index is 0.342. The molecule has 1 atom stereocenters. The van der Waals surface area contributed by atoms with Crippen molar-refractivity contribution in [3.05, 3.63) is 65.7 Å². The summed E-state index contributed by atoms with van der Waals surface area (Å²) in [6.07, 6.45) is 6.36. The maximum Gasteiger partial charge on any atom is 0.119 e. The fraction of sp³-hybridized carbons (Fsp3) is 0.455. The van der Waals surface area contributed by atoms with Crippen LogP contribution in [0.15, 0.2) is 54.6 Å². The minimum Gasteiger partial charge on any atom is -0.494 e. The van der Waals surface area contributed by atoms with E-state index in [9.17, 15) is 0 Å². The highest BCUT2D eigenvalue weighted by Crippen LogP contribution is 2.16. The first-order chi connectivity index (χ1) is 11.8. The van der Waals surface area contributed by atoms with E-state index in [-0.39, 0.29) is 0 Å². The van der Waals surface area contributed by atoms with Crippen molar-refractivity contribution in [2.75, 3.05) is 6.61 Å². The van der Waals surface area contributed by atoms with Crippen molar-refractivity contribution in [3.8, 4) is 5.75 Å². The van der Waals surface area contributed by atoms with Crippen molar-refractivity contribution in [1.29, 1.82) is 0 Å². The van der Waals surface area contributed by atoms with Gasteiger partial charge in [-0.3, -0.25) is 0 Å². The molecule has 0 amide bonds. The van der Waals surface area contributed by atoms with Crippen molar-refractivity contribution in [3.63, 3.8) is 0 Å². The topological polar surface area (TPSA) is 21.3 Å². The van der Waals surface area contributed by atoms with E-state index in [1.807, 2.05) is 0 Å². The lowest BCUT2D eigenvalue weighted by atomic mass is 10.1. The van der Waals surface area contributed by atoms with Crippen LogP contribution in [0, 0.1) is 0 Å². The lowest BCUT2D eigenvalue weighted by Crippen LogP contribution is -2.18. The van der Waals surface area contributed by atoms with Gasteiger partial charge in [0.15, 0.2) is 0 Å². The van der Waals surface area contributed by atoms with Gasteiger partial charge >= 0.3 is 0 Å². The van der Waals surface area contributed by atoms with Crippen LogP contribution < -0.4 is 10.1 Å². The number of benzene rings is 2. The first kappa shape index (κ1) is 18.5. The fourth-order valence-corrected chi connectivity index (χ4v) is 2.77. The molecule has 0 radical (unpaired) electrons. The number of rotatable bonds is 11. The third-order valence-electron chi connectivity index (χ3n) is 4.33. The zero-order valence-electron chi connectivity index (χ0n) is 15.1. The Hall–Kier alpha value is -1.80. The number of hydrogen-bond acceptors (Lipinski definition) is 2. The summed E-state index contributed by atoms with van der Waals surface area (Å²) in [5.74, 6) is 0.983. The monoisotopic (exact) mass is 325 g/mol. The third-order valence-corrected chi connectivity index (χ3v) is 4.33. The predicted molar refractivity (Wildman–Crippen MR) is 102 cm³/mol. The van der Waals surface area contributed by atoms with Gasteiger partial charge in [-0.05, 0) is 36.6 Å². The molecule has 0 fully saturated rings. The maximum absolute atomic E-state index is 5.89. The van der Waals surface area contributed by atoms with E-state index in [1.54, 1.807) is 0 Å². The minimum absolute atomic E-state index is 0.342. The number of nitrogens with one attached hydrogen (secondary N) is 1. The molecule has 0 bridgehead atoms. The van der Waals surface area contributed by atoms with E-state index in [4.69, 9.17) is 4.74 Å². The molecule has 2 rings (SSSR count). The lowest BCUT2D eigenvalue weighted by molar-refractivity contribution is 0.304. The fourth-order valence-electron chi connectivity index (χ4n) is 2.77. The van der Waals surface area contributed by atoms with E-state index >= 15 is 0 Å².